The van der Waals surface area contributed by atoms with Crippen LogP contribution in [0.2, 0.25) is 0 Å². The Morgan fingerprint density at radius 2 is 1.82 bits per heavy atom. The van der Waals surface area contributed by atoms with E-state index < -0.39 is 5.60 Å². The van der Waals surface area contributed by atoms with Gasteiger partial charge in [-0.25, -0.2) is 4.79 Å². The zero-order chi connectivity index (χ0) is 16.8. The highest BCUT2D eigenvalue weighted by atomic mass is 16.6. The lowest BCUT2D eigenvalue weighted by Crippen LogP contribution is -2.47. The van der Waals surface area contributed by atoms with Crippen LogP contribution in [0, 0.1) is 0 Å². The van der Waals surface area contributed by atoms with Gasteiger partial charge in [0.15, 0.2) is 0 Å². The molecular weight excluding hydrogens is 284 g/mol. The zero-order valence-electron chi connectivity index (χ0n) is 14.6. The Morgan fingerprint density at radius 3 is 2.32 bits per heavy atom. The van der Waals surface area contributed by atoms with E-state index >= 15 is 0 Å². The quantitative estimate of drug-likeness (QED) is 0.729. The van der Waals surface area contributed by atoms with E-state index in [2.05, 4.69) is 4.90 Å². The Labute approximate surface area is 133 Å². The molecule has 1 aliphatic heterocycles. The fourth-order valence-corrected chi connectivity index (χ4v) is 2.50. The molecule has 6 nitrogen and oxygen atoms in total. The van der Waals surface area contributed by atoms with Crippen LogP contribution in [0.15, 0.2) is 0 Å². The summed E-state index contributed by atoms with van der Waals surface area (Å²) < 4.78 is 10.3. The van der Waals surface area contributed by atoms with Crippen LogP contribution in [-0.2, 0) is 14.3 Å². The third-order valence-corrected chi connectivity index (χ3v) is 3.71. The maximum atomic E-state index is 12.0. The molecule has 1 aliphatic rings. The van der Waals surface area contributed by atoms with E-state index in [1.54, 1.807) is 4.90 Å². The summed E-state index contributed by atoms with van der Waals surface area (Å²) in [5.41, 5.74) is -0.454. The number of esters is 1. The van der Waals surface area contributed by atoms with Crippen molar-refractivity contribution in [2.75, 3.05) is 33.3 Å². The van der Waals surface area contributed by atoms with Crippen molar-refractivity contribution in [2.45, 2.75) is 58.6 Å². The fraction of sp³-hybridized carbons (Fsp3) is 0.875. The normalized spacial score (nSPS) is 16.7. The van der Waals surface area contributed by atoms with E-state index in [0.29, 0.717) is 38.7 Å². The van der Waals surface area contributed by atoms with Gasteiger partial charge in [-0.3, -0.25) is 4.79 Å². The second-order valence-corrected chi connectivity index (χ2v) is 6.73. The summed E-state index contributed by atoms with van der Waals surface area (Å²) in [6.45, 7) is 9.95. The molecule has 1 amide bonds. The molecule has 1 saturated heterocycles. The Hall–Kier alpha value is -1.30. The van der Waals surface area contributed by atoms with Crippen molar-refractivity contribution in [2.24, 2.45) is 0 Å². The van der Waals surface area contributed by atoms with Gasteiger partial charge in [-0.05, 0) is 47.6 Å². The number of rotatable bonds is 5. The summed E-state index contributed by atoms with van der Waals surface area (Å²) in [6, 6.07) is 0.396. The Bertz CT molecular complexity index is 371. The Morgan fingerprint density at radius 1 is 1.23 bits per heavy atom. The second-order valence-electron chi connectivity index (χ2n) is 6.73. The number of carbonyl (C=O) groups excluding carboxylic acids is 2. The number of piperidine rings is 1. The molecule has 0 atom stereocenters. The topological polar surface area (TPSA) is 59.1 Å². The first kappa shape index (κ1) is 18.7. The van der Waals surface area contributed by atoms with Gasteiger partial charge in [0.25, 0.3) is 0 Å². The van der Waals surface area contributed by atoms with E-state index in [-0.39, 0.29) is 12.1 Å². The number of ether oxygens (including phenoxy) is 2. The van der Waals surface area contributed by atoms with Gasteiger partial charge in [0, 0.05) is 25.7 Å². The SMILES string of the molecule is CCOC(=O)CCN(C)C1CCN(C(=O)OC(C)(C)C)CC1. The van der Waals surface area contributed by atoms with Gasteiger partial charge in [0.1, 0.15) is 5.60 Å². The molecule has 1 rings (SSSR count). The minimum atomic E-state index is -0.454. The van der Waals surface area contributed by atoms with E-state index in [1.165, 1.54) is 0 Å². The van der Waals surface area contributed by atoms with E-state index in [4.69, 9.17) is 9.47 Å². The van der Waals surface area contributed by atoms with Crippen molar-refractivity contribution in [1.29, 1.82) is 0 Å². The van der Waals surface area contributed by atoms with Crippen molar-refractivity contribution >= 4 is 12.1 Å². The van der Waals surface area contributed by atoms with E-state index in [0.717, 1.165) is 12.8 Å². The second kappa shape index (κ2) is 8.36. The highest BCUT2D eigenvalue weighted by Crippen LogP contribution is 2.18. The van der Waals surface area contributed by atoms with Crippen LogP contribution in [-0.4, -0.2) is 66.8 Å². The number of likely N-dealkylation sites (tertiary alicyclic amines) is 1. The van der Waals surface area contributed by atoms with Gasteiger partial charge in [-0.15, -0.1) is 0 Å². The molecule has 0 aromatic rings. The maximum Gasteiger partial charge on any atom is 0.410 e. The molecule has 0 aromatic carbocycles. The number of carbonyl (C=O) groups is 2. The average Bonchev–Trinajstić information content (AvgIpc) is 2.43. The smallest absolute Gasteiger partial charge is 0.410 e. The highest BCUT2D eigenvalue weighted by molar-refractivity contribution is 5.69. The van der Waals surface area contributed by atoms with Crippen LogP contribution in [0.1, 0.15) is 47.0 Å². The van der Waals surface area contributed by atoms with Crippen LogP contribution < -0.4 is 0 Å². The van der Waals surface area contributed by atoms with Gasteiger partial charge < -0.3 is 19.3 Å². The average molecular weight is 314 g/mol. The van der Waals surface area contributed by atoms with Crippen molar-refractivity contribution < 1.29 is 19.1 Å². The predicted molar refractivity (Wildman–Crippen MR) is 84.7 cm³/mol. The Balaban J connectivity index is 2.32. The zero-order valence-corrected chi connectivity index (χ0v) is 14.6. The lowest BCUT2D eigenvalue weighted by atomic mass is 10.0. The molecule has 0 unspecified atom stereocenters. The van der Waals surface area contributed by atoms with Crippen LogP contribution in [0.4, 0.5) is 4.79 Å². The summed E-state index contributed by atoms with van der Waals surface area (Å²) in [5, 5.41) is 0. The summed E-state index contributed by atoms with van der Waals surface area (Å²) >= 11 is 0. The third-order valence-electron chi connectivity index (χ3n) is 3.71. The van der Waals surface area contributed by atoms with Gasteiger partial charge in [-0.1, -0.05) is 0 Å². The van der Waals surface area contributed by atoms with Crippen LogP contribution >= 0.6 is 0 Å². The van der Waals surface area contributed by atoms with Crippen LogP contribution in [0.25, 0.3) is 0 Å². The summed E-state index contributed by atoms with van der Waals surface area (Å²) in [4.78, 5) is 27.3. The number of hydrogen-bond acceptors (Lipinski definition) is 5. The highest BCUT2D eigenvalue weighted by Gasteiger charge is 2.28. The fourth-order valence-electron chi connectivity index (χ4n) is 2.50. The molecule has 0 N–H and O–H groups in total. The van der Waals surface area contributed by atoms with Crippen LogP contribution in [0.3, 0.4) is 0 Å². The molecular formula is C16H30N2O4. The third kappa shape index (κ3) is 6.64. The minimum absolute atomic E-state index is 0.152. The minimum Gasteiger partial charge on any atom is -0.466 e. The van der Waals surface area contributed by atoms with E-state index in [1.807, 2.05) is 34.7 Å². The van der Waals surface area contributed by atoms with Crippen LogP contribution in [0.5, 0.6) is 0 Å². The van der Waals surface area contributed by atoms with Crippen molar-refractivity contribution in [1.82, 2.24) is 9.80 Å². The predicted octanol–water partition coefficient (Wildman–Crippen LogP) is 2.27. The van der Waals surface area contributed by atoms with Crippen molar-refractivity contribution in [3.63, 3.8) is 0 Å². The molecule has 0 saturated carbocycles. The monoisotopic (exact) mass is 314 g/mol. The Kier molecular flexibility index (Phi) is 7.13. The first-order valence-corrected chi connectivity index (χ1v) is 8.06. The lowest BCUT2D eigenvalue weighted by molar-refractivity contribution is -0.143. The largest absolute Gasteiger partial charge is 0.466 e. The molecule has 0 aliphatic carbocycles. The molecule has 128 valence electrons. The summed E-state index contributed by atoms with van der Waals surface area (Å²) in [7, 11) is 2.02. The van der Waals surface area contributed by atoms with E-state index in [9.17, 15) is 9.59 Å². The summed E-state index contributed by atoms with van der Waals surface area (Å²) in [5.74, 6) is -0.152. The molecule has 0 radical (unpaired) electrons. The van der Waals surface area contributed by atoms with Gasteiger partial charge >= 0.3 is 12.1 Å². The first-order chi connectivity index (χ1) is 10.2. The molecule has 0 bridgehead atoms. The lowest BCUT2D eigenvalue weighted by Gasteiger charge is -2.37. The van der Waals surface area contributed by atoms with Gasteiger partial charge in [0.05, 0.1) is 13.0 Å². The van der Waals surface area contributed by atoms with Gasteiger partial charge in [0.2, 0.25) is 0 Å². The molecule has 1 heterocycles. The van der Waals surface area contributed by atoms with Crippen molar-refractivity contribution in [3.8, 4) is 0 Å². The number of amides is 1. The molecule has 0 spiro atoms. The number of nitrogens with zero attached hydrogens (tertiary/aromatic N) is 2. The number of hydrogen-bond donors (Lipinski definition) is 0. The van der Waals surface area contributed by atoms with Gasteiger partial charge in [-0.2, -0.15) is 0 Å². The first-order valence-electron chi connectivity index (χ1n) is 8.06. The summed E-state index contributed by atoms with van der Waals surface area (Å²) in [6.07, 6.45) is 1.98. The van der Waals surface area contributed by atoms with Crippen molar-refractivity contribution in [3.05, 3.63) is 0 Å². The molecule has 6 heteroatoms. The molecule has 0 aromatic heterocycles. The molecule has 1 fully saturated rings. The maximum absolute atomic E-state index is 12.0. The standard InChI is InChI=1S/C16H30N2O4/c1-6-21-14(19)9-10-17(5)13-7-11-18(12-8-13)15(20)22-16(2,3)4/h13H,6-12H2,1-5H3. The molecule has 22 heavy (non-hydrogen) atoms.